The molecule has 1 atom stereocenters. The Bertz CT molecular complexity index is 416. The molecule has 0 aliphatic carbocycles. The molecule has 6 heteroatoms. The van der Waals surface area contributed by atoms with Crippen molar-refractivity contribution < 1.29 is 9.90 Å². The van der Waals surface area contributed by atoms with E-state index in [1.54, 1.807) is 4.90 Å². The number of H-pyrrole nitrogens is 1. The number of aliphatic hydroxyl groups is 1. The lowest BCUT2D eigenvalue weighted by atomic mass is 10.2. The molecule has 1 saturated heterocycles. The maximum atomic E-state index is 12.2. The first-order valence-corrected chi connectivity index (χ1v) is 5.93. The molecule has 0 spiro atoms. The van der Waals surface area contributed by atoms with Gasteiger partial charge >= 0.3 is 0 Å². The lowest BCUT2D eigenvalue weighted by Gasteiger charge is -2.22. The SMILES string of the molecule is CCc1[nH]nc(C(=O)N2CCCC2CO)c1N. The molecule has 1 aliphatic heterocycles. The topological polar surface area (TPSA) is 95.2 Å². The van der Waals surface area contributed by atoms with Crippen LogP contribution in [-0.2, 0) is 6.42 Å². The van der Waals surface area contributed by atoms with Gasteiger partial charge in [0, 0.05) is 6.54 Å². The van der Waals surface area contributed by atoms with E-state index < -0.39 is 0 Å². The molecule has 0 saturated carbocycles. The number of aliphatic hydroxyl groups excluding tert-OH is 1. The molecule has 1 aliphatic rings. The predicted octanol–water partition coefficient (Wildman–Crippen LogP) is 0.151. The van der Waals surface area contributed by atoms with Crippen molar-refractivity contribution in [1.29, 1.82) is 0 Å². The first kappa shape index (κ1) is 11.9. The Morgan fingerprint density at radius 3 is 3.06 bits per heavy atom. The van der Waals surface area contributed by atoms with E-state index in [0.717, 1.165) is 25.0 Å². The van der Waals surface area contributed by atoms with Gasteiger partial charge in [0.05, 0.1) is 24.0 Å². The van der Waals surface area contributed by atoms with Crippen molar-refractivity contribution in [3.63, 3.8) is 0 Å². The van der Waals surface area contributed by atoms with Gasteiger partial charge in [-0.25, -0.2) is 0 Å². The maximum Gasteiger partial charge on any atom is 0.276 e. The first-order valence-electron chi connectivity index (χ1n) is 5.93. The van der Waals surface area contributed by atoms with Gasteiger partial charge in [-0.15, -0.1) is 0 Å². The van der Waals surface area contributed by atoms with Crippen LogP contribution in [0.2, 0.25) is 0 Å². The fourth-order valence-electron chi connectivity index (χ4n) is 2.25. The number of nitrogens with zero attached hydrogens (tertiary/aromatic N) is 2. The summed E-state index contributed by atoms with van der Waals surface area (Å²) in [7, 11) is 0. The molecule has 1 aromatic heterocycles. The molecule has 0 radical (unpaired) electrons. The fourth-order valence-corrected chi connectivity index (χ4v) is 2.25. The van der Waals surface area contributed by atoms with Crippen molar-refractivity contribution in [3.8, 4) is 0 Å². The average Bonchev–Trinajstić information content (AvgIpc) is 2.94. The summed E-state index contributed by atoms with van der Waals surface area (Å²) in [6.07, 6.45) is 2.48. The summed E-state index contributed by atoms with van der Waals surface area (Å²) in [5.41, 5.74) is 7.36. The molecule has 94 valence electrons. The van der Waals surface area contributed by atoms with Crippen LogP contribution in [0.15, 0.2) is 0 Å². The minimum absolute atomic E-state index is 0.00327. The van der Waals surface area contributed by atoms with Crippen molar-refractivity contribution in [1.82, 2.24) is 15.1 Å². The quantitative estimate of drug-likeness (QED) is 0.698. The number of rotatable bonds is 3. The highest BCUT2D eigenvalue weighted by Gasteiger charge is 2.31. The normalized spacial score (nSPS) is 19.9. The summed E-state index contributed by atoms with van der Waals surface area (Å²) in [4.78, 5) is 13.9. The van der Waals surface area contributed by atoms with Gasteiger partial charge in [-0.2, -0.15) is 5.10 Å². The predicted molar refractivity (Wildman–Crippen MR) is 63.5 cm³/mol. The Balaban J connectivity index is 2.21. The Labute approximate surface area is 99.8 Å². The van der Waals surface area contributed by atoms with Crippen molar-refractivity contribution in [2.75, 3.05) is 18.9 Å². The fraction of sp³-hybridized carbons (Fsp3) is 0.636. The number of hydrogen-bond donors (Lipinski definition) is 3. The minimum Gasteiger partial charge on any atom is -0.395 e. The van der Waals surface area contributed by atoms with Crippen LogP contribution in [0.1, 0.15) is 35.9 Å². The van der Waals surface area contributed by atoms with E-state index in [-0.39, 0.29) is 24.2 Å². The van der Waals surface area contributed by atoms with E-state index >= 15 is 0 Å². The Kier molecular flexibility index (Phi) is 3.33. The van der Waals surface area contributed by atoms with Crippen molar-refractivity contribution in [2.24, 2.45) is 0 Å². The molecule has 1 fully saturated rings. The third-order valence-corrected chi connectivity index (χ3v) is 3.29. The minimum atomic E-state index is -0.185. The number of carbonyl (C=O) groups excluding carboxylic acids is 1. The number of hydrogen-bond acceptors (Lipinski definition) is 4. The van der Waals surface area contributed by atoms with Gasteiger partial charge in [0.2, 0.25) is 0 Å². The van der Waals surface area contributed by atoms with Crippen LogP contribution in [0, 0.1) is 0 Å². The number of nitrogens with two attached hydrogens (primary N) is 1. The second kappa shape index (κ2) is 4.75. The first-order chi connectivity index (χ1) is 8.19. The maximum absolute atomic E-state index is 12.2. The van der Waals surface area contributed by atoms with Gasteiger partial charge in [-0.05, 0) is 19.3 Å². The van der Waals surface area contributed by atoms with E-state index in [1.165, 1.54) is 0 Å². The lowest BCUT2D eigenvalue weighted by Crippen LogP contribution is -2.38. The zero-order chi connectivity index (χ0) is 12.4. The summed E-state index contributed by atoms with van der Waals surface area (Å²) in [6, 6.07) is -0.0938. The highest BCUT2D eigenvalue weighted by molar-refractivity contribution is 5.98. The highest BCUT2D eigenvalue weighted by Crippen LogP contribution is 2.22. The summed E-state index contributed by atoms with van der Waals surface area (Å²) in [5.74, 6) is -0.185. The van der Waals surface area contributed by atoms with E-state index in [9.17, 15) is 9.90 Å². The van der Waals surface area contributed by atoms with Crippen LogP contribution < -0.4 is 5.73 Å². The number of aromatic amines is 1. The number of nitrogen functional groups attached to an aromatic ring is 1. The zero-order valence-electron chi connectivity index (χ0n) is 9.94. The summed E-state index contributed by atoms with van der Waals surface area (Å²) >= 11 is 0. The monoisotopic (exact) mass is 238 g/mol. The lowest BCUT2D eigenvalue weighted by molar-refractivity contribution is 0.0673. The molecule has 6 nitrogen and oxygen atoms in total. The summed E-state index contributed by atoms with van der Waals surface area (Å²) < 4.78 is 0. The van der Waals surface area contributed by atoms with Gasteiger partial charge < -0.3 is 15.7 Å². The smallest absolute Gasteiger partial charge is 0.276 e. The number of aryl methyl sites for hydroxylation is 1. The van der Waals surface area contributed by atoms with Crippen LogP contribution in [0.5, 0.6) is 0 Å². The van der Waals surface area contributed by atoms with Crippen LogP contribution in [0.25, 0.3) is 0 Å². The molecule has 1 amide bonds. The van der Waals surface area contributed by atoms with Crippen molar-refractivity contribution in [2.45, 2.75) is 32.2 Å². The molecule has 2 heterocycles. The van der Waals surface area contributed by atoms with E-state index in [4.69, 9.17) is 5.73 Å². The number of carbonyl (C=O) groups is 1. The van der Waals surface area contributed by atoms with E-state index in [2.05, 4.69) is 10.2 Å². The average molecular weight is 238 g/mol. The summed E-state index contributed by atoms with van der Waals surface area (Å²) in [5, 5.41) is 16.0. The zero-order valence-corrected chi connectivity index (χ0v) is 9.94. The van der Waals surface area contributed by atoms with E-state index in [0.29, 0.717) is 12.2 Å². The number of nitrogens with one attached hydrogen (secondary N) is 1. The third-order valence-electron chi connectivity index (χ3n) is 3.29. The molecule has 17 heavy (non-hydrogen) atoms. The number of amides is 1. The van der Waals surface area contributed by atoms with Gasteiger partial charge in [0.15, 0.2) is 5.69 Å². The van der Waals surface area contributed by atoms with Gasteiger partial charge in [-0.3, -0.25) is 9.89 Å². The van der Waals surface area contributed by atoms with E-state index in [1.807, 2.05) is 6.92 Å². The van der Waals surface area contributed by atoms with Crippen LogP contribution in [-0.4, -0.2) is 45.3 Å². The van der Waals surface area contributed by atoms with Crippen LogP contribution in [0.3, 0.4) is 0 Å². The highest BCUT2D eigenvalue weighted by atomic mass is 16.3. The Hall–Kier alpha value is -1.56. The largest absolute Gasteiger partial charge is 0.395 e. The molecule has 4 N–H and O–H groups in total. The molecule has 0 aromatic carbocycles. The van der Waals surface area contributed by atoms with Crippen molar-refractivity contribution >= 4 is 11.6 Å². The third kappa shape index (κ3) is 2.00. The number of likely N-dealkylation sites (tertiary alicyclic amines) is 1. The molecule has 1 unspecified atom stereocenters. The number of anilines is 1. The second-order valence-electron chi connectivity index (χ2n) is 4.30. The molecular formula is C11H18N4O2. The Morgan fingerprint density at radius 1 is 1.71 bits per heavy atom. The Morgan fingerprint density at radius 2 is 2.47 bits per heavy atom. The summed E-state index contributed by atoms with van der Waals surface area (Å²) in [6.45, 7) is 2.61. The molecule has 0 bridgehead atoms. The number of aromatic nitrogens is 2. The van der Waals surface area contributed by atoms with Crippen LogP contribution >= 0.6 is 0 Å². The van der Waals surface area contributed by atoms with Crippen molar-refractivity contribution in [3.05, 3.63) is 11.4 Å². The molecular weight excluding hydrogens is 220 g/mol. The van der Waals surface area contributed by atoms with Gasteiger partial charge in [-0.1, -0.05) is 6.92 Å². The standard InChI is InChI=1S/C11H18N4O2/c1-2-8-9(12)10(14-13-8)11(17)15-5-3-4-7(15)6-16/h7,16H,2-6,12H2,1H3,(H,13,14). The van der Waals surface area contributed by atoms with Gasteiger partial charge in [0.1, 0.15) is 0 Å². The molecule has 2 rings (SSSR count). The second-order valence-corrected chi connectivity index (χ2v) is 4.30. The molecule has 1 aromatic rings. The van der Waals surface area contributed by atoms with Crippen LogP contribution in [0.4, 0.5) is 5.69 Å². The van der Waals surface area contributed by atoms with Gasteiger partial charge in [0.25, 0.3) is 5.91 Å².